The summed E-state index contributed by atoms with van der Waals surface area (Å²) in [5.41, 5.74) is 7.07. The summed E-state index contributed by atoms with van der Waals surface area (Å²) in [7, 11) is 3.24. The van der Waals surface area contributed by atoms with E-state index in [1.807, 2.05) is 18.2 Å². The van der Waals surface area contributed by atoms with Gasteiger partial charge >= 0.3 is 0 Å². The number of aryl methyl sites for hydroxylation is 2. The standard InChI is InChI=1S/C24H23N5O2/c1-14-7-6-8-18(11-14)29-16(3)15(2)21-23(29)25-13-28-24(21)26-22(27-28)17-9-10-19(30-4)20(12-17)31-5/h6-13H,1-5H3. The SMILES string of the molecule is COc1ccc(-c2nc3c4c(C)c(C)n(-c5cccc(C)c5)c4ncn3n2)cc1OC. The fourth-order valence-electron chi connectivity index (χ4n) is 4.04. The summed E-state index contributed by atoms with van der Waals surface area (Å²) in [6.07, 6.45) is 1.72. The van der Waals surface area contributed by atoms with Gasteiger partial charge in [0.2, 0.25) is 0 Å². The Morgan fingerprint density at radius 2 is 1.68 bits per heavy atom. The van der Waals surface area contributed by atoms with Crippen molar-refractivity contribution in [2.45, 2.75) is 20.8 Å². The highest BCUT2D eigenvalue weighted by Crippen LogP contribution is 2.33. The Hall–Kier alpha value is -3.87. The lowest BCUT2D eigenvalue weighted by molar-refractivity contribution is 0.355. The molecule has 31 heavy (non-hydrogen) atoms. The average molecular weight is 413 g/mol. The molecule has 0 spiro atoms. The number of methoxy groups -OCH3 is 2. The maximum Gasteiger partial charge on any atom is 0.182 e. The van der Waals surface area contributed by atoms with Gasteiger partial charge in [-0.1, -0.05) is 12.1 Å². The van der Waals surface area contributed by atoms with Crippen LogP contribution in [0.5, 0.6) is 11.5 Å². The van der Waals surface area contributed by atoms with Crippen LogP contribution in [0.2, 0.25) is 0 Å². The summed E-state index contributed by atoms with van der Waals surface area (Å²) in [6, 6.07) is 14.1. The fraction of sp³-hybridized carbons (Fsp3) is 0.208. The van der Waals surface area contributed by atoms with Crippen LogP contribution in [-0.2, 0) is 0 Å². The summed E-state index contributed by atoms with van der Waals surface area (Å²) in [4.78, 5) is 9.61. The molecule has 5 rings (SSSR count). The van der Waals surface area contributed by atoms with Crippen LogP contribution in [0.4, 0.5) is 0 Å². The number of nitrogens with zero attached hydrogens (tertiary/aromatic N) is 5. The van der Waals surface area contributed by atoms with Crippen molar-refractivity contribution < 1.29 is 9.47 Å². The zero-order chi connectivity index (χ0) is 21.7. The van der Waals surface area contributed by atoms with E-state index in [9.17, 15) is 0 Å². The van der Waals surface area contributed by atoms with Crippen molar-refractivity contribution in [3.8, 4) is 28.6 Å². The van der Waals surface area contributed by atoms with Crippen LogP contribution in [0.15, 0.2) is 48.8 Å². The van der Waals surface area contributed by atoms with Gasteiger partial charge in [-0.05, 0) is 62.2 Å². The molecule has 0 amide bonds. The van der Waals surface area contributed by atoms with Gasteiger partial charge in [-0.15, -0.1) is 5.10 Å². The number of hydrogen-bond acceptors (Lipinski definition) is 5. The first-order chi connectivity index (χ1) is 15.0. The first kappa shape index (κ1) is 19.1. The third-order valence-electron chi connectivity index (χ3n) is 5.73. The molecule has 0 unspecified atom stereocenters. The van der Waals surface area contributed by atoms with Gasteiger partial charge in [-0.2, -0.15) is 0 Å². The zero-order valence-electron chi connectivity index (χ0n) is 18.2. The van der Waals surface area contributed by atoms with Gasteiger partial charge in [0, 0.05) is 16.9 Å². The van der Waals surface area contributed by atoms with Gasteiger partial charge in [-0.25, -0.2) is 14.5 Å². The van der Waals surface area contributed by atoms with E-state index in [2.05, 4.69) is 54.7 Å². The van der Waals surface area contributed by atoms with Crippen molar-refractivity contribution in [3.05, 3.63) is 65.6 Å². The summed E-state index contributed by atoms with van der Waals surface area (Å²) in [6.45, 7) is 6.31. The van der Waals surface area contributed by atoms with E-state index in [0.717, 1.165) is 39.2 Å². The van der Waals surface area contributed by atoms with E-state index in [-0.39, 0.29) is 0 Å². The molecule has 156 valence electrons. The first-order valence-corrected chi connectivity index (χ1v) is 10.0. The van der Waals surface area contributed by atoms with Crippen LogP contribution in [0.25, 0.3) is 33.8 Å². The Kier molecular flexibility index (Phi) is 4.39. The molecule has 0 atom stereocenters. The molecule has 0 aliphatic carbocycles. The minimum atomic E-state index is 0.607. The van der Waals surface area contributed by atoms with Gasteiger partial charge < -0.3 is 9.47 Å². The van der Waals surface area contributed by atoms with Crippen LogP contribution in [-0.4, -0.2) is 38.4 Å². The maximum atomic E-state index is 5.44. The van der Waals surface area contributed by atoms with Crippen LogP contribution < -0.4 is 9.47 Å². The van der Waals surface area contributed by atoms with Gasteiger partial charge in [0.1, 0.15) is 6.33 Å². The van der Waals surface area contributed by atoms with E-state index in [0.29, 0.717) is 17.3 Å². The van der Waals surface area contributed by atoms with Crippen molar-refractivity contribution in [2.24, 2.45) is 0 Å². The fourth-order valence-corrected chi connectivity index (χ4v) is 4.04. The highest BCUT2D eigenvalue weighted by Gasteiger charge is 2.20. The molecule has 0 saturated heterocycles. The van der Waals surface area contributed by atoms with Crippen LogP contribution in [0.1, 0.15) is 16.8 Å². The maximum absolute atomic E-state index is 5.44. The summed E-state index contributed by atoms with van der Waals surface area (Å²) in [5, 5.41) is 5.67. The quantitative estimate of drug-likeness (QED) is 0.428. The molecule has 0 saturated carbocycles. The zero-order valence-corrected chi connectivity index (χ0v) is 18.2. The molecule has 3 aromatic heterocycles. The van der Waals surface area contributed by atoms with Crippen molar-refractivity contribution >= 4 is 16.7 Å². The minimum Gasteiger partial charge on any atom is -0.493 e. The Morgan fingerprint density at radius 1 is 0.871 bits per heavy atom. The van der Waals surface area contributed by atoms with Gasteiger partial charge in [0.15, 0.2) is 28.6 Å². The number of benzene rings is 2. The molecule has 0 bridgehead atoms. The van der Waals surface area contributed by atoms with E-state index in [1.165, 1.54) is 5.56 Å². The molecule has 7 heteroatoms. The van der Waals surface area contributed by atoms with Crippen LogP contribution >= 0.6 is 0 Å². The predicted molar refractivity (Wildman–Crippen MR) is 120 cm³/mol. The highest BCUT2D eigenvalue weighted by molar-refractivity contribution is 5.95. The Labute approximate surface area is 179 Å². The number of ether oxygens (including phenoxy) is 2. The third kappa shape index (κ3) is 2.92. The largest absolute Gasteiger partial charge is 0.493 e. The van der Waals surface area contributed by atoms with Crippen LogP contribution in [0, 0.1) is 20.8 Å². The second-order valence-electron chi connectivity index (χ2n) is 7.60. The lowest BCUT2D eigenvalue weighted by atomic mass is 10.2. The molecule has 3 heterocycles. The Morgan fingerprint density at radius 3 is 2.42 bits per heavy atom. The second kappa shape index (κ2) is 7.12. The predicted octanol–water partition coefficient (Wildman–Crippen LogP) is 4.68. The molecular formula is C24H23N5O2. The van der Waals surface area contributed by atoms with E-state index >= 15 is 0 Å². The number of rotatable bonds is 4. The molecule has 0 fully saturated rings. The molecule has 7 nitrogen and oxygen atoms in total. The van der Waals surface area contributed by atoms with Crippen molar-refractivity contribution in [2.75, 3.05) is 14.2 Å². The lowest BCUT2D eigenvalue weighted by Gasteiger charge is -2.08. The van der Waals surface area contributed by atoms with E-state index < -0.39 is 0 Å². The van der Waals surface area contributed by atoms with Gasteiger partial charge in [-0.3, -0.25) is 4.57 Å². The Bertz CT molecular complexity index is 1450. The second-order valence-corrected chi connectivity index (χ2v) is 7.60. The molecular weight excluding hydrogens is 390 g/mol. The summed E-state index contributed by atoms with van der Waals surface area (Å²) in [5.74, 6) is 1.91. The molecule has 0 N–H and O–H groups in total. The number of fused-ring (bicyclic) bond motifs is 3. The normalized spacial score (nSPS) is 11.4. The van der Waals surface area contributed by atoms with Crippen molar-refractivity contribution in [1.82, 2.24) is 24.1 Å². The molecule has 0 aliphatic rings. The van der Waals surface area contributed by atoms with E-state index in [1.54, 1.807) is 25.1 Å². The smallest absolute Gasteiger partial charge is 0.182 e. The summed E-state index contributed by atoms with van der Waals surface area (Å²) >= 11 is 0. The first-order valence-electron chi connectivity index (χ1n) is 10.0. The average Bonchev–Trinajstić information content (AvgIpc) is 3.32. The molecule has 5 aromatic rings. The van der Waals surface area contributed by atoms with Crippen LogP contribution in [0.3, 0.4) is 0 Å². The molecule has 0 aliphatic heterocycles. The van der Waals surface area contributed by atoms with Gasteiger partial charge in [0.05, 0.1) is 19.6 Å². The Balaban J connectivity index is 1.74. The monoisotopic (exact) mass is 413 g/mol. The molecule has 2 aromatic carbocycles. The van der Waals surface area contributed by atoms with E-state index in [4.69, 9.17) is 19.4 Å². The third-order valence-corrected chi connectivity index (χ3v) is 5.73. The lowest BCUT2D eigenvalue weighted by Crippen LogP contribution is -1.99. The summed E-state index contributed by atoms with van der Waals surface area (Å²) < 4.78 is 14.7. The highest BCUT2D eigenvalue weighted by atomic mass is 16.5. The van der Waals surface area contributed by atoms with Gasteiger partial charge in [0.25, 0.3) is 0 Å². The number of aromatic nitrogens is 5. The molecule has 0 radical (unpaired) electrons. The minimum absolute atomic E-state index is 0.607. The van der Waals surface area contributed by atoms with Crippen molar-refractivity contribution in [1.29, 1.82) is 0 Å². The number of hydrogen-bond donors (Lipinski definition) is 0. The topological polar surface area (TPSA) is 66.5 Å². The van der Waals surface area contributed by atoms with Crippen molar-refractivity contribution in [3.63, 3.8) is 0 Å².